The summed E-state index contributed by atoms with van der Waals surface area (Å²) in [7, 11) is 0. The molecule has 1 amide bonds. The molecular weight excluding hydrogens is 306 g/mol. The molecule has 2 rings (SSSR count). The van der Waals surface area contributed by atoms with E-state index in [1.165, 1.54) is 95.5 Å². The third kappa shape index (κ3) is 6.64. The Hall–Kier alpha value is -1.05. The number of hydrogen-bond donors (Lipinski definition) is 1. The number of carbonyl (C=O) groups is 1. The highest BCUT2D eigenvalue weighted by Gasteiger charge is 2.22. The molecule has 0 spiro atoms. The molecule has 0 bridgehead atoms. The molecule has 2 aliphatic rings. The number of allylic oxidation sites excluding steroid dienone is 3. The van der Waals surface area contributed by atoms with E-state index in [9.17, 15) is 4.79 Å². The Morgan fingerprint density at radius 1 is 0.760 bits per heavy atom. The van der Waals surface area contributed by atoms with Crippen LogP contribution in [0, 0.1) is 0 Å². The van der Waals surface area contributed by atoms with E-state index in [-0.39, 0.29) is 5.91 Å². The number of unbranched alkanes of at least 4 members (excludes halogenated alkanes) is 5. The van der Waals surface area contributed by atoms with E-state index in [1.807, 2.05) is 0 Å². The fraction of sp³-hybridized carbons (Fsp3) is 0.783. The largest absolute Gasteiger partial charge is 0.366 e. The van der Waals surface area contributed by atoms with Crippen molar-refractivity contribution in [1.29, 1.82) is 0 Å². The van der Waals surface area contributed by atoms with Crippen LogP contribution in [0.4, 0.5) is 0 Å². The van der Waals surface area contributed by atoms with Crippen LogP contribution in [0.2, 0.25) is 0 Å². The summed E-state index contributed by atoms with van der Waals surface area (Å²) in [5.74, 6) is -0.160. The van der Waals surface area contributed by atoms with Crippen molar-refractivity contribution >= 4 is 5.91 Å². The van der Waals surface area contributed by atoms with Gasteiger partial charge in [-0.2, -0.15) is 0 Å². The third-order valence-corrected chi connectivity index (χ3v) is 6.04. The van der Waals surface area contributed by atoms with Crippen LogP contribution in [-0.4, -0.2) is 5.91 Å². The molecule has 0 fully saturated rings. The maximum Gasteiger partial charge on any atom is 0.244 e. The maximum absolute atomic E-state index is 12.1. The average molecular weight is 346 g/mol. The van der Waals surface area contributed by atoms with Crippen LogP contribution in [0.15, 0.2) is 22.3 Å². The Morgan fingerprint density at radius 2 is 1.36 bits per heavy atom. The van der Waals surface area contributed by atoms with Crippen molar-refractivity contribution in [3.8, 4) is 0 Å². The lowest BCUT2D eigenvalue weighted by Gasteiger charge is -2.18. The lowest BCUT2D eigenvalue weighted by Crippen LogP contribution is -2.16. The fourth-order valence-electron chi connectivity index (χ4n) is 4.59. The molecule has 25 heavy (non-hydrogen) atoms. The molecule has 2 N–H and O–H groups in total. The van der Waals surface area contributed by atoms with Gasteiger partial charge in [0.1, 0.15) is 0 Å². The first-order valence-electron chi connectivity index (χ1n) is 11.0. The highest BCUT2D eigenvalue weighted by molar-refractivity contribution is 5.93. The standard InChI is InChI=1S/C23H39NO/c1-2-3-4-5-6-9-14-19-15-10-7-11-16-20(19)21-17-12-8-13-18-22(21)23(24)25/h2-18H2,1H3,(H2,24,25). The Bertz CT molecular complexity index is 486. The van der Waals surface area contributed by atoms with Gasteiger partial charge in [0, 0.05) is 5.57 Å². The lowest BCUT2D eigenvalue weighted by molar-refractivity contribution is -0.114. The molecule has 0 atom stereocenters. The van der Waals surface area contributed by atoms with Crippen LogP contribution in [0.3, 0.4) is 0 Å². The van der Waals surface area contributed by atoms with Crippen molar-refractivity contribution in [2.75, 3.05) is 0 Å². The summed E-state index contributed by atoms with van der Waals surface area (Å²) < 4.78 is 0. The molecule has 142 valence electrons. The summed E-state index contributed by atoms with van der Waals surface area (Å²) in [5, 5.41) is 0. The molecule has 0 heterocycles. The third-order valence-electron chi connectivity index (χ3n) is 6.04. The molecule has 0 aromatic rings. The van der Waals surface area contributed by atoms with Gasteiger partial charge >= 0.3 is 0 Å². The van der Waals surface area contributed by atoms with Gasteiger partial charge in [0.05, 0.1) is 0 Å². The van der Waals surface area contributed by atoms with Crippen LogP contribution in [-0.2, 0) is 4.79 Å². The SMILES string of the molecule is CCCCCCCCC1=C(C2=C(C(N)=O)CCCCC2)CCCCC1. The quantitative estimate of drug-likeness (QED) is 0.462. The van der Waals surface area contributed by atoms with Crippen LogP contribution in [0.1, 0.15) is 116 Å². The molecule has 0 saturated carbocycles. The van der Waals surface area contributed by atoms with E-state index in [0.717, 1.165) is 24.8 Å². The number of carbonyl (C=O) groups excluding carboxylic acids is 1. The van der Waals surface area contributed by atoms with Gasteiger partial charge in [-0.05, 0) is 75.4 Å². The summed E-state index contributed by atoms with van der Waals surface area (Å²) in [6.07, 6.45) is 21.3. The normalized spacial score (nSPS) is 19.7. The number of hydrogen-bond acceptors (Lipinski definition) is 1. The van der Waals surface area contributed by atoms with Gasteiger partial charge in [-0.15, -0.1) is 0 Å². The molecule has 0 aliphatic heterocycles. The Balaban J connectivity index is 2.12. The van der Waals surface area contributed by atoms with Gasteiger partial charge in [0.25, 0.3) is 0 Å². The maximum atomic E-state index is 12.1. The van der Waals surface area contributed by atoms with E-state index in [0.29, 0.717) is 0 Å². The average Bonchev–Trinajstić information content (AvgIpc) is 2.98. The minimum Gasteiger partial charge on any atom is -0.366 e. The minimum absolute atomic E-state index is 0.160. The van der Waals surface area contributed by atoms with E-state index >= 15 is 0 Å². The smallest absolute Gasteiger partial charge is 0.244 e. The number of rotatable bonds is 9. The second-order valence-corrected chi connectivity index (χ2v) is 8.04. The molecule has 0 aromatic heterocycles. The summed E-state index contributed by atoms with van der Waals surface area (Å²) >= 11 is 0. The zero-order valence-electron chi connectivity index (χ0n) is 16.5. The van der Waals surface area contributed by atoms with Gasteiger partial charge in [0.2, 0.25) is 5.91 Å². The molecule has 0 saturated heterocycles. The fourth-order valence-corrected chi connectivity index (χ4v) is 4.59. The number of amides is 1. The summed E-state index contributed by atoms with van der Waals surface area (Å²) in [6, 6.07) is 0. The van der Waals surface area contributed by atoms with Gasteiger partial charge in [-0.25, -0.2) is 0 Å². The van der Waals surface area contributed by atoms with Crippen LogP contribution in [0.5, 0.6) is 0 Å². The van der Waals surface area contributed by atoms with Gasteiger partial charge in [-0.3, -0.25) is 4.79 Å². The Kier molecular flexibility index (Phi) is 9.36. The molecule has 2 heteroatoms. The lowest BCUT2D eigenvalue weighted by atomic mass is 9.87. The van der Waals surface area contributed by atoms with Crippen molar-refractivity contribution in [2.45, 2.75) is 116 Å². The summed E-state index contributed by atoms with van der Waals surface area (Å²) in [5.41, 5.74) is 11.3. The zero-order valence-corrected chi connectivity index (χ0v) is 16.5. The highest BCUT2D eigenvalue weighted by atomic mass is 16.1. The van der Waals surface area contributed by atoms with Crippen LogP contribution >= 0.6 is 0 Å². The van der Waals surface area contributed by atoms with Gasteiger partial charge < -0.3 is 5.73 Å². The first-order chi connectivity index (χ1) is 12.2. The molecular formula is C23H39NO. The van der Waals surface area contributed by atoms with Gasteiger partial charge in [-0.1, -0.05) is 57.4 Å². The van der Waals surface area contributed by atoms with Crippen molar-refractivity contribution in [3.05, 3.63) is 22.3 Å². The molecule has 2 nitrogen and oxygen atoms in total. The second kappa shape index (κ2) is 11.5. The number of primary amides is 1. The molecule has 0 unspecified atom stereocenters. The first-order valence-corrected chi connectivity index (χ1v) is 11.0. The predicted octanol–water partition coefficient (Wildman–Crippen LogP) is 6.74. The summed E-state index contributed by atoms with van der Waals surface area (Å²) in [6.45, 7) is 2.28. The predicted molar refractivity (Wildman–Crippen MR) is 107 cm³/mol. The highest BCUT2D eigenvalue weighted by Crippen LogP contribution is 2.37. The van der Waals surface area contributed by atoms with Crippen molar-refractivity contribution < 1.29 is 4.79 Å². The van der Waals surface area contributed by atoms with Crippen molar-refractivity contribution in [2.24, 2.45) is 5.73 Å². The molecule has 0 aromatic carbocycles. The van der Waals surface area contributed by atoms with Crippen molar-refractivity contribution in [3.63, 3.8) is 0 Å². The monoisotopic (exact) mass is 345 g/mol. The number of nitrogens with two attached hydrogens (primary N) is 1. The van der Waals surface area contributed by atoms with E-state index < -0.39 is 0 Å². The Labute approximate surface area is 155 Å². The van der Waals surface area contributed by atoms with Gasteiger partial charge in [0.15, 0.2) is 0 Å². The first kappa shape index (κ1) is 20.3. The van der Waals surface area contributed by atoms with Crippen LogP contribution < -0.4 is 5.73 Å². The van der Waals surface area contributed by atoms with E-state index in [1.54, 1.807) is 11.1 Å². The summed E-state index contributed by atoms with van der Waals surface area (Å²) in [4.78, 5) is 12.1. The Morgan fingerprint density at radius 3 is 2.08 bits per heavy atom. The van der Waals surface area contributed by atoms with E-state index in [2.05, 4.69) is 6.92 Å². The second-order valence-electron chi connectivity index (χ2n) is 8.04. The molecule has 0 radical (unpaired) electrons. The van der Waals surface area contributed by atoms with E-state index in [4.69, 9.17) is 5.73 Å². The van der Waals surface area contributed by atoms with Crippen LogP contribution in [0.25, 0.3) is 0 Å². The minimum atomic E-state index is -0.160. The topological polar surface area (TPSA) is 43.1 Å². The zero-order chi connectivity index (χ0) is 17.9. The van der Waals surface area contributed by atoms with Crippen molar-refractivity contribution in [1.82, 2.24) is 0 Å². The molecule has 2 aliphatic carbocycles.